The number of benzene rings is 1. The molecule has 4 nitrogen and oxygen atoms in total. The number of hydrogen-bond donors (Lipinski definition) is 1. The van der Waals surface area contributed by atoms with Gasteiger partial charge in [0.2, 0.25) is 0 Å². The average Bonchev–Trinajstić information content (AvgIpc) is 2.39. The molecule has 0 spiro atoms. The van der Waals surface area contributed by atoms with Gasteiger partial charge in [0.25, 0.3) is 0 Å². The maximum atomic E-state index is 5.96. The Labute approximate surface area is 131 Å². The molecular formula is C15H26BrN3O. The summed E-state index contributed by atoms with van der Waals surface area (Å²) in [7, 11) is 8.00. The van der Waals surface area contributed by atoms with E-state index >= 15 is 0 Å². The van der Waals surface area contributed by atoms with Crippen molar-refractivity contribution in [3.8, 4) is 5.75 Å². The molecule has 0 aromatic heterocycles. The first-order valence-electron chi connectivity index (χ1n) is 6.88. The van der Waals surface area contributed by atoms with E-state index in [-0.39, 0.29) is 6.04 Å². The molecule has 0 amide bonds. The van der Waals surface area contributed by atoms with Gasteiger partial charge in [0.1, 0.15) is 5.75 Å². The van der Waals surface area contributed by atoms with E-state index in [0.717, 1.165) is 29.7 Å². The van der Waals surface area contributed by atoms with Crippen molar-refractivity contribution in [3.05, 3.63) is 28.2 Å². The van der Waals surface area contributed by atoms with Gasteiger partial charge in [0.15, 0.2) is 0 Å². The van der Waals surface area contributed by atoms with Crippen molar-refractivity contribution in [2.75, 3.05) is 47.9 Å². The van der Waals surface area contributed by atoms with Crippen LogP contribution in [0, 0.1) is 0 Å². The third-order valence-electron chi connectivity index (χ3n) is 3.43. The molecule has 5 heteroatoms. The molecular weight excluding hydrogens is 318 g/mol. The van der Waals surface area contributed by atoms with E-state index in [4.69, 9.17) is 10.5 Å². The average molecular weight is 344 g/mol. The summed E-state index contributed by atoms with van der Waals surface area (Å²) in [6.45, 7) is 2.73. The Morgan fingerprint density at radius 3 is 2.45 bits per heavy atom. The maximum Gasteiger partial charge on any atom is 0.133 e. The molecule has 0 aliphatic heterocycles. The van der Waals surface area contributed by atoms with Crippen molar-refractivity contribution in [2.45, 2.75) is 12.5 Å². The molecule has 0 radical (unpaired) electrons. The smallest absolute Gasteiger partial charge is 0.133 e. The van der Waals surface area contributed by atoms with Crippen LogP contribution < -0.4 is 10.5 Å². The quantitative estimate of drug-likeness (QED) is 0.786. The van der Waals surface area contributed by atoms with E-state index in [2.05, 4.69) is 59.0 Å². The highest BCUT2D eigenvalue weighted by molar-refractivity contribution is 9.10. The van der Waals surface area contributed by atoms with Gasteiger partial charge in [0.05, 0.1) is 11.6 Å². The Kier molecular flexibility index (Phi) is 7.51. The predicted molar refractivity (Wildman–Crippen MR) is 88.3 cm³/mol. The molecule has 0 fully saturated rings. The second kappa shape index (κ2) is 8.62. The SMILES string of the molecule is COc1ccc(C(CN)N(C)CCCN(C)C)cc1Br. The van der Waals surface area contributed by atoms with Crippen molar-refractivity contribution >= 4 is 15.9 Å². The van der Waals surface area contributed by atoms with Crippen LogP contribution in [0.2, 0.25) is 0 Å². The van der Waals surface area contributed by atoms with Crippen LogP contribution in [0.25, 0.3) is 0 Å². The third-order valence-corrected chi connectivity index (χ3v) is 4.05. The fourth-order valence-corrected chi connectivity index (χ4v) is 2.81. The van der Waals surface area contributed by atoms with Gasteiger partial charge in [-0.25, -0.2) is 0 Å². The molecule has 1 aromatic rings. The van der Waals surface area contributed by atoms with Crippen LogP contribution in [0.4, 0.5) is 0 Å². The highest BCUT2D eigenvalue weighted by atomic mass is 79.9. The molecule has 0 saturated heterocycles. The first-order chi connectivity index (χ1) is 9.49. The Hall–Kier alpha value is -0.620. The molecule has 0 bridgehead atoms. The molecule has 0 saturated carbocycles. The fraction of sp³-hybridized carbons (Fsp3) is 0.600. The van der Waals surface area contributed by atoms with Crippen LogP contribution in [0.5, 0.6) is 5.75 Å². The van der Waals surface area contributed by atoms with E-state index in [0.29, 0.717) is 6.54 Å². The fourth-order valence-electron chi connectivity index (χ4n) is 2.25. The van der Waals surface area contributed by atoms with E-state index in [1.165, 1.54) is 5.56 Å². The lowest BCUT2D eigenvalue weighted by molar-refractivity contribution is 0.235. The lowest BCUT2D eigenvalue weighted by Crippen LogP contribution is -2.32. The molecule has 1 unspecified atom stereocenters. The van der Waals surface area contributed by atoms with Crippen LogP contribution in [0.15, 0.2) is 22.7 Å². The minimum atomic E-state index is 0.236. The summed E-state index contributed by atoms with van der Waals surface area (Å²) in [5.74, 6) is 0.847. The van der Waals surface area contributed by atoms with Crippen molar-refractivity contribution in [1.29, 1.82) is 0 Å². The van der Waals surface area contributed by atoms with Crippen molar-refractivity contribution in [3.63, 3.8) is 0 Å². The van der Waals surface area contributed by atoms with Gasteiger partial charge < -0.3 is 15.4 Å². The van der Waals surface area contributed by atoms with Crippen LogP contribution in [-0.4, -0.2) is 57.7 Å². The molecule has 0 aliphatic rings. The summed E-state index contributed by atoms with van der Waals surface area (Å²) in [6, 6.07) is 6.40. The van der Waals surface area contributed by atoms with Gasteiger partial charge in [-0.3, -0.25) is 4.90 Å². The highest BCUT2D eigenvalue weighted by Crippen LogP contribution is 2.29. The summed E-state index contributed by atoms with van der Waals surface area (Å²) in [5, 5.41) is 0. The molecule has 2 N–H and O–H groups in total. The second-order valence-electron chi connectivity index (χ2n) is 5.28. The second-order valence-corrected chi connectivity index (χ2v) is 6.14. The van der Waals surface area contributed by atoms with Crippen LogP contribution in [-0.2, 0) is 0 Å². The van der Waals surface area contributed by atoms with Gasteiger partial charge in [-0.1, -0.05) is 6.07 Å². The Morgan fingerprint density at radius 2 is 1.95 bits per heavy atom. The molecule has 114 valence electrons. The third kappa shape index (κ3) is 5.05. The molecule has 0 heterocycles. The Bertz CT molecular complexity index is 412. The van der Waals surface area contributed by atoms with Gasteiger partial charge in [-0.05, 0) is 74.3 Å². The number of hydrogen-bond acceptors (Lipinski definition) is 4. The Morgan fingerprint density at radius 1 is 1.25 bits per heavy atom. The molecule has 1 atom stereocenters. The number of ether oxygens (including phenoxy) is 1. The molecule has 20 heavy (non-hydrogen) atoms. The summed E-state index contributed by atoms with van der Waals surface area (Å²) in [5.41, 5.74) is 7.17. The predicted octanol–water partition coefficient (Wildman–Crippen LogP) is 2.34. The number of methoxy groups -OCH3 is 1. The number of nitrogens with zero attached hydrogens (tertiary/aromatic N) is 2. The van der Waals surface area contributed by atoms with Crippen LogP contribution in [0.1, 0.15) is 18.0 Å². The standard InChI is InChI=1S/C15H26BrN3O/c1-18(2)8-5-9-19(3)14(11-17)12-6-7-15(20-4)13(16)10-12/h6-7,10,14H,5,8-9,11,17H2,1-4H3. The lowest BCUT2D eigenvalue weighted by Gasteiger charge is -2.28. The van der Waals surface area contributed by atoms with E-state index < -0.39 is 0 Å². The highest BCUT2D eigenvalue weighted by Gasteiger charge is 2.16. The summed E-state index contributed by atoms with van der Waals surface area (Å²) in [4.78, 5) is 4.52. The molecule has 1 aromatic carbocycles. The lowest BCUT2D eigenvalue weighted by atomic mass is 10.1. The summed E-state index contributed by atoms with van der Waals surface area (Å²) < 4.78 is 6.24. The number of likely N-dealkylation sites (N-methyl/N-ethyl adjacent to an activating group) is 1. The van der Waals surface area contributed by atoms with E-state index in [9.17, 15) is 0 Å². The minimum Gasteiger partial charge on any atom is -0.496 e. The first-order valence-corrected chi connectivity index (χ1v) is 7.67. The zero-order chi connectivity index (χ0) is 15.1. The topological polar surface area (TPSA) is 41.7 Å². The van der Waals surface area contributed by atoms with Crippen LogP contribution >= 0.6 is 15.9 Å². The van der Waals surface area contributed by atoms with Gasteiger partial charge >= 0.3 is 0 Å². The number of halogens is 1. The Balaban J connectivity index is 2.71. The molecule has 0 aliphatic carbocycles. The zero-order valence-corrected chi connectivity index (χ0v) is 14.5. The van der Waals surface area contributed by atoms with E-state index in [1.54, 1.807) is 7.11 Å². The number of nitrogens with two attached hydrogens (primary N) is 1. The number of rotatable bonds is 8. The maximum absolute atomic E-state index is 5.96. The van der Waals surface area contributed by atoms with Gasteiger partial charge in [-0.2, -0.15) is 0 Å². The minimum absolute atomic E-state index is 0.236. The molecule has 1 rings (SSSR count). The summed E-state index contributed by atoms with van der Waals surface area (Å²) in [6.07, 6.45) is 1.14. The monoisotopic (exact) mass is 343 g/mol. The van der Waals surface area contributed by atoms with Crippen LogP contribution in [0.3, 0.4) is 0 Å². The van der Waals surface area contributed by atoms with Crippen molar-refractivity contribution < 1.29 is 4.74 Å². The normalized spacial score (nSPS) is 13.0. The van der Waals surface area contributed by atoms with Crippen molar-refractivity contribution in [1.82, 2.24) is 9.80 Å². The zero-order valence-electron chi connectivity index (χ0n) is 12.9. The largest absolute Gasteiger partial charge is 0.496 e. The van der Waals surface area contributed by atoms with Crippen molar-refractivity contribution in [2.24, 2.45) is 5.73 Å². The van der Waals surface area contributed by atoms with Gasteiger partial charge in [0, 0.05) is 12.6 Å². The first kappa shape index (κ1) is 17.4. The summed E-state index contributed by atoms with van der Waals surface area (Å²) >= 11 is 3.53. The van der Waals surface area contributed by atoms with Gasteiger partial charge in [-0.15, -0.1) is 0 Å². The van der Waals surface area contributed by atoms with E-state index in [1.807, 2.05) is 6.07 Å².